The number of imide groups is 2. The quantitative estimate of drug-likeness (QED) is 0.575. The van der Waals surface area contributed by atoms with Crippen molar-refractivity contribution in [1.29, 1.82) is 0 Å². The number of nitrogens with zero attached hydrogens (tertiary/aromatic N) is 4. The third-order valence-corrected chi connectivity index (χ3v) is 5.20. The van der Waals surface area contributed by atoms with Gasteiger partial charge in [-0.05, 0) is 36.8 Å². The van der Waals surface area contributed by atoms with Gasteiger partial charge in [0.05, 0.1) is 11.9 Å². The van der Waals surface area contributed by atoms with Crippen molar-refractivity contribution < 1.29 is 28.3 Å². The molecule has 4 heterocycles. The first-order valence-electron chi connectivity index (χ1n) is 9.48. The molecule has 12 nitrogen and oxygen atoms in total. The third-order valence-electron chi connectivity index (χ3n) is 5.20. The summed E-state index contributed by atoms with van der Waals surface area (Å²) in [5, 5.41) is 11.6. The molecule has 0 radical (unpaired) electrons. The van der Waals surface area contributed by atoms with Gasteiger partial charge in [0.25, 0.3) is 11.8 Å². The van der Waals surface area contributed by atoms with Crippen LogP contribution >= 0.6 is 0 Å². The Hall–Kier alpha value is -4.61. The van der Waals surface area contributed by atoms with Crippen LogP contribution < -0.4 is 20.3 Å². The first kappa shape index (κ1) is 19.4. The molecule has 2 N–H and O–H groups in total. The van der Waals surface area contributed by atoms with E-state index in [0.29, 0.717) is 11.6 Å². The molecule has 32 heavy (non-hydrogen) atoms. The molecule has 2 fully saturated rings. The molecule has 1 spiro atoms. The molecule has 2 aliphatic heterocycles. The van der Waals surface area contributed by atoms with Crippen LogP contribution in [0.2, 0.25) is 0 Å². The Morgan fingerprint density at radius 1 is 1.00 bits per heavy atom. The number of nitrogens with one attached hydrogen (secondary N) is 2. The molecular weight excluding hydrogens is 420 g/mol. The second-order valence-corrected chi connectivity index (χ2v) is 7.05. The van der Waals surface area contributed by atoms with E-state index in [1.807, 2.05) is 0 Å². The van der Waals surface area contributed by atoms with Gasteiger partial charge >= 0.3 is 6.03 Å². The van der Waals surface area contributed by atoms with Crippen LogP contribution in [0.15, 0.2) is 53.4 Å². The number of ether oxygens (including phenoxy) is 1. The molecule has 2 aromatic heterocycles. The molecular formula is C20H14N6O6. The maximum absolute atomic E-state index is 12.5. The summed E-state index contributed by atoms with van der Waals surface area (Å²) in [6, 6.07) is 8.97. The molecule has 5 amide bonds. The lowest BCUT2D eigenvalue weighted by Crippen LogP contribution is -2.72. The van der Waals surface area contributed by atoms with E-state index in [1.54, 1.807) is 24.3 Å². The van der Waals surface area contributed by atoms with Gasteiger partial charge in [-0.2, -0.15) is 0 Å². The number of rotatable bonds is 4. The van der Waals surface area contributed by atoms with Gasteiger partial charge in [-0.3, -0.25) is 29.9 Å². The third kappa shape index (κ3) is 3.05. The van der Waals surface area contributed by atoms with Crippen molar-refractivity contribution in [3.8, 4) is 23.1 Å². The van der Waals surface area contributed by atoms with Crippen molar-refractivity contribution in [2.24, 2.45) is 0 Å². The fourth-order valence-corrected chi connectivity index (χ4v) is 3.72. The second kappa shape index (κ2) is 7.27. The average molecular weight is 434 g/mol. The number of barbiturate groups is 1. The minimum absolute atomic E-state index is 0.0281. The smallest absolute Gasteiger partial charge is 0.328 e. The van der Waals surface area contributed by atoms with Crippen molar-refractivity contribution in [1.82, 2.24) is 25.8 Å². The van der Waals surface area contributed by atoms with Crippen LogP contribution in [0.3, 0.4) is 0 Å². The lowest BCUT2D eigenvalue weighted by molar-refractivity contribution is -0.138. The zero-order chi connectivity index (χ0) is 22.3. The fourth-order valence-electron chi connectivity index (χ4n) is 3.72. The van der Waals surface area contributed by atoms with Crippen LogP contribution in [-0.2, 0) is 14.4 Å². The number of carbonyl (C=O) groups excluding carboxylic acids is 4. The molecule has 0 bridgehead atoms. The topological polar surface area (TPSA) is 157 Å². The number of urea groups is 1. The van der Waals surface area contributed by atoms with Crippen LogP contribution in [0, 0.1) is 0 Å². The van der Waals surface area contributed by atoms with Gasteiger partial charge in [0.1, 0.15) is 5.75 Å². The Balaban J connectivity index is 1.37. The van der Waals surface area contributed by atoms with E-state index in [1.165, 1.54) is 24.7 Å². The van der Waals surface area contributed by atoms with Crippen molar-refractivity contribution in [2.75, 3.05) is 4.90 Å². The molecule has 3 aromatic rings. The normalized spacial score (nSPS) is 17.4. The van der Waals surface area contributed by atoms with Crippen molar-refractivity contribution in [2.45, 2.75) is 18.4 Å². The summed E-state index contributed by atoms with van der Waals surface area (Å²) in [5.74, 6) is -1.03. The van der Waals surface area contributed by atoms with Crippen molar-refractivity contribution >= 4 is 29.4 Å². The summed E-state index contributed by atoms with van der Waals surface area (Å²) in [6.07, 6.45) is 2.48. The van der Waals surface area contributed by atoms with Crippen LogP contribution in [0.4, 0.5) is 10.5 Å². The zero-order valence-corrected chi connectivity index (χ0v) is 16.3. The molecule has 0 saturated carbocycles. The number of anilines is 1. The number of hydrogen-bond donors (Lipinski definition) is 2. The highest BCUT2D eigenvalue weighted by Gasteiger charge is 2.60. The lowest BCUT2D eigenvalue weighted by atomic mass is 9.92. The van der Waals surface area contributed by atoms with Crippen LogP contribution in [-0.4, -0.2) is 44.5 Å². The Morgan fingerprint density at radius 2 is 1.75 bits per heavy atom. The summed E-state index contributed by atoms with van der Waals surface area (Å²) < 4.78 is 10.8. The minimum atomic E-state index is -1.83. The molecule has 160 valence electrons. The van der Waals surface area contributed by atoms with Crippen LogP contribution in [0.5, 0.6) is 11.6 Å². The summed E-state index contributed by atoms with van der Waals surface area (Å²) in [6.45, 7) is 0. The highest BCUT2D eigenvalue weighted by Crippen LogP contribution is 2.37. The average Bonchev–Trinajstić information content (AvgIpc) is 3.43. The predicted molar refractivity (Wildman–Crippen MR) is 105 cm³/mol. The van der Waals surface area contributed by atoms with E-state index >= 15 is 0 Å². The number of pyridine rings is 1. The van der Waals surface area contributed by atoms with E-state index in [0.717, 1.165) is 10.5 Å². The number of carbonyl (C=O) groups is 4. The Labute approximate surface area is 179 Å². The van der Waals surface area contributed by atoms with Gasteiger partial charge in [0, 0.05) is 18.1 Å². The summed E-state index contributed by atoms with van der Waals surface area (Å²) in [4.78, 5) is 54.3. The van der Waals surface area contributed by atoms with E-state index in [2.05, 4.69) is 25.8 Å². The zero-order valence-electron chi connectivity index (χ0n) is 16.3. The number of amides is 5. The summed E-state index contributed by atoms with van der Waals surface area (Å²) in [5.41, 5.74) is -0.885. The molecule has 2 saturated heterocycles. The maximum atomic E-state index is 12.5. The van der Waals surface area contributed by atoms with Crippen molar-refractivity contribution in [3.63, 3.8) is 0 Å². The van der Waals surface area contributed by atoms with Crippen LogP contribution in [0.1, 0.15) is 12.8 Å². The first-order valence-corrected chi connectivity index (χ1v) is 9.48. The molecule has 12 heteroatoms. The Morgan fingerprint density at radius 3 is 2.38 bits per heavy atom. The number of hydrogen-bond acceptors (Lipinski definition) is 9. The standard InChI is InChI=1S/C20H14N6O6/c27-15-7-8-20(17(28)23-19(30)24-18(20)29)26(15)12-3-6-14(21-9-12)32-13-4-1-11(2-5-13)16-25-22-10-31-16/h1-6,9-10H,7-8H2,(H2,23,24,28,29,30). The van der Waals surface area contributed by atoms with Gasteiger partial charge in [0.2, 0.25) is 29.6 Å². The largest absolute Gasteiger partial charge is 0.439 e. The monoisotopic (exact) mass is 434 g/mol. The molecule has 0 aliphatic carbocycles. The SMILES string of the molecule is O=C1NC(=O)C2(CCC(=O)N2c2ccc(Oc3ccc(-c4nnco4)cc3)nc2)C(=O)N1. The number of aromatic nitrogens is 3. The predicted octanol–water partition coefficient (Wildman–Crippen LogP) is 1.16. The van der Waals surface area contributed by atoms with Gasteiger partial charge < -0.3 is 9.15 Å². The maximum Gasteiger partial charge on any atom is 0.328 e. The minimum Gasteiger partial charge on any atom is -0.439 e. The highest BCUT2D eigenvalue weighted by atomic mass is 16.5. The van der Waals surface area contributed by atoms with Gasteiger partial charge in [-0.15, -0.1) is 10.2 Å². The summed E-state index contributed by atoms with van der Waals surface area (Å²) >= 11 is 0. The molecule has 2 aliphatic rings. The van der Waals surface area contributed by atoms with E-state index in [-0.39, 0.29) is 24.4 Å². The Bertz CT molecular complexity index is 1200. The molecule has 0 unspecified atom stereocenters. The van der Waals surface area contributed by atoms with E-state index < -0.39 is 29.3 Å². The highest BCUT2D eigenvalue weighted by molar-refractivity contribution is 6.28. The van der Waals surface area contributed by atoms with Gasteiger partial charge in [0.15, 0.2) is 0 Å². The second-order valence-electron chi connectivity index (χ2n) is 7.05. The van der Waals surface area contributed by atoms with Crippen LogP contribution in [0.25, 0.3) is 11.5 Å². The molecule has 1 aromatic carbocycles. The summed E-state index contributed by atoms with van der Waals surface area (Å²) in [7, 11) is 0. The van der Waals surface area contributed by atoms with Gasteiger partial charge in [-0.1, -0.05) is 0 Å². The fraction of sp³-hybridized carbons (Fsp3) is 0.150. The van der Waals surface area contributed by atoms with E-state index in [4.69, 9.17) is 9.15 Å². The Kier molecular flexibility index (Phi) is 4.40. The van der Waals surface area contributed by atoms with Crippen molar-refractivity contribution in [3.05, 3.63) is 49.0 Å². The van der Waals surface area contributed by atoms with E-state index in [9.17, 15) is 19.2 Å². The lowest BCUT2D eigenvalue weighted by Gasteiger charge is -2.37. The molecule has 0 atom stereocenters. The molecule has 5 rings (SSSR count). The first-order chi connectivity index (χ1) is 15.5. The van der Waals surface area contributed by atoms with Gasteiger partial charge in [-0.25, -0.2) is 9.78 Å². The number of benzene rings is 1.